The highest BCUT2D eigenvalue weighted by Gasteiger charge is 2.28. The molecular weight excluding hydrogens is 182 g/mol. The van der Waals surface area contributed by atoms with Gasteiger partial charge in [-0.25, -0.2) is 0 Å². The molecule has 0 spiro atoms. The van der Waals surface area contributed by atoms with Gasteiger partial charge in [0.25, 0.3) is 0 Å². The summed E-state index contributed by atoms with van der Waals surface area (Å²) in [7, 11) is 1.41. The number of rotatable bonds is 5. The van der Waals surface area contributed by atoms with Crippen molar-refractivity contribution in [1.29, 1.82) is 0 Å². The molecule has 0 aromatic carbocycles. The van der Waals surface area contributed by atoms with Crippen LogP contribution in [0.1, 0.15) is 26.2 Å². The van der Waals surface area contributed by atoms with Crippen LogP contribution in [0, 0.1) is 0 Å². The molecule has 1 unspecified atom stereocenters. The van der Waals surface area contributed by atoms with E-state index in [9.17, 15) is 4.79 Å². The van der Waals surface area contributed by atoms with Gasteiger partial charge >= 0.3 is 5.97 Å². The highest BCUT2D eigenvalue weighted by atomic mass is 16.5. The molecule has 82 valence electrons. The molecule has 1 aliphatic heterocycles. The van der Waals surface area contributed by atoms with E-state index in [-0.39, 0.29) is 11.6 Å². The zero-order valence-electron chi connectivity index (χ0n) is 8.97. The van der Waals surface area contributed by atoms with E-state index in [0.29, 0.717) is 13.0 Å². The predicted octanol–water partition coefficient (Wildman–Crippen LogP) is 0.708. The van der Waals surface area contributed by atoms with Crippen LogP contribution in [0.25, 0.3) is 0 Å². The molecule has 0 aromatic rings. The Morgan fingerprint density at radius 1 is 1.64 bits per heavy atom. The lowest BCUT2D eigenvalue weighted by molar-refractivity contribution is -0.140. The minimum absolute atomic E-state index is 0.0316. The van der Waals surface area contributed by atoms with Crippen molar-refractivity contribution in [1.82, 2.24) is 5.32 Å². The predicted molar refractivity (Wildman–Crippen MR) is 53.1 cm³/mol. The first kappa shape index (κ1) is 11.5. The van der Waals surface area contributed by atoms with Gasteiger partial charge in [0.1, 0.15) is 0 Å². The quantitative estimate of drug-likeness (QED) is 0.525. The number of esters is 1. The van der Waals surface area contributed by atoms with E-state index in [4.69, 9.17) is 4.74 Å². The molecule has 1 N–H and O–H groups in total. The SMILES string of the molecule is COC(=O)CCNCC1(C)CCCO1. The first-order valence-electron chi connectivity index (χ1n) is 5.08. The Labute approximate surface area is 85.0 Å². The van der Waals surface area contributed by atoms with E-state index >= 15 is 0 Å². The van der Waals surface area contributed by atoms with Gasteiger partial charge < -0.3 is 14.8 Å². The Morgan fingerprint density at radius 2 is 2.43 bits per heavy atom. The van der Waals surface area contributed by atoms with Gasteiger partial charge in [0.15, 0.2) is 0 Å². The average molecular weight is 201 g/mol. The van der Waals surface area contributed by atoms with E-state index < -0.39 is 0 Å². The molecule has 4 nitrogen and oxygen atoms in total. The summed E-state index contributed by atoms with van der Waals surface area (Å²) in [6, 6.07) is 0. The van der Waals surface area contributed by atoms with E-state index in [1.54, 1.807) is 0 Å². The topological polar surface area (TPSA) is 47.6 Å². The standard InChI is InChI=1S/C10H19NO3/c1-10(5-3-7-14-10)8-11-6-4-9(12)13-2/h11H,3-8H2,1-2H3. The summed E-state index contributed by atoms with van der Waals surface area (Å²) in [6.45, 7) is 4.43. The number of carbonyl (C=O) groups is 1. The molecule has 4 heteroatoms. The molecule has 0 aromatic heterocycles. The Kier molecular flexibility index (Phi) is 4.35. The van der Waals surface area contributed by atoms with Gasteiger partial charge in [0.05, 0.1) is 19.1 Å². The number of nitrogens with one attached hydrogen (secondary N) is 1. The smallest absolute Gasteiger partial charge is 0.306 e. The second kappa shape index (κ2) is 5.32. The van der Waals surface area contributed by atoms with Crippen molar-refractivity contribution in [2.75, 3.05) is 26.8 Å². The Balaban J connectivity index is 2.06. The van der Waals surface area contributed by atoms with E-state index in [2.05, 4.69) is 17.0 Å². The summed E-state index contributed by atoms with van der Waals surface area (Å²) in [5.74, 6) is -0.171. The molecule has 1 atom stereocenters. The van der Waals surface area contributed by atoms with Crippen LogP contribution in [0.2, 0.25) is 0 Å². The van der Waals surface area contributed by atoms with Crippen LogP contribution in [0.5, 0.6) is 0 Å². The highest BCUT2D eigenvalue weighted by Crippen LogP contribution is 2.23. The van der Waals surface area contributed by atoms with Gasteiger partial charge in [-0.05, 0) is 19.8 Å². The Morgan fingerprint density at radius 3 is 3.00 bits per heavy atom. The Bertz CT molecular complexity index is 188. The van der Waals surface area contributed by atoms with Crippen molar-refractivity contribution in [3.05, 3.63) is 0 Å². The fraction of sp³-hybridized carbons (Fsp3) is 0.900. The first-order chi connectivity index (χ1) is 6.66. The van der Waals surface area contributed by atoms with Gasteiger partial charge in [0, 0.05) is 19.7 Å². The number of ether oxygens (including phenoxy) is 2. The normalized spacial score (nSPS) is 26.4. The summed E-state index contributed by atoms with van der Waals surface area (Å²) >= 11 is 0. The zero-order valence-corrected chi connectivity index (χ0v) is 8.97. The fourth-order valence-corrected chi connectivity index (χ4v) is 1.62. The second-order valence-corrected chi connectivity index (χ2v) is 3.90. The second-order valence-electron chi connectivity index (χ2n) is 3.90. The molecule has 0 bridgehead atoms. The molecule has 1 saturated heterocycles. The van der Waals surface area contributed by atoms with Crippen molar-refractivity contribution in [3.8, 4) is 0 Å². The molecule has 1 heterocycles. The van der Waals surface area contributed by atoms with E-state index in [0.717, 1.165) is 26.0 Å². The van der Waals surface area contributed by atoms with Gasteiger partial charge in [-0.15, -0.1) is 0 Å². The zero-order chi connectivity index (χ0) is 10.4. The minimum Gasteiger partial charge on any atom is -0.469 e. The summed E-state index contributed by atoms with van der Waals surface area (Å²) in [5, 5.41) is 3.21. The molecule has 1 rings (SSSR count). The monoisotopic (exact) mass is 201 g/mol. The molecule has 0 radical (unpaired) electrons. The van der Waals surface area contributed by atoms with Crippen LogP contribution < -0.4 is 5.32 Å². The van der Waals surface area contributed by atoms with Crippen LogP contribution in [0.3, 0.4) is 0 Å². The first-order valence-corrected chi connectivity index (χ1v) is 5.08. The number of methoxy groups -OCH3 is 1. The maximum Gasteiger partial charge on any atom is 0.306 e. The lowest BCUT2D eigenvalue weighted by atomic mass is 10.0. The maximum absolute atomic E-state index is 10.8. The third-order valence-corrected chi connectivity index (χ3v) is 2.53. The van der Waals surface area contributed by atoms with Crippen LogP contribution in [-0.4, -0.2) is 38.4 Å². The summed E-state index contributed by atoms with van der Waals surface area (Å²) in [6.07, 6.45) is 2.65. The molecule has 14 heavy (non-hydrogen) atoms. The third-order valence-electron chi connectivity index (χ3n) is 2.53. The molecule has 0 amide bonds. The van der Waals surface area contributed by atoms with Gasteiger partial charge in [-0.1, -0.05) is 0 Å². The van der Waals surface area contributed by atoms with Crippen molar-refractivity contribution in [3.63, 3.8) is 0 Å². The summed E-state index contributed by atoms with van der Waals surface area (Å²) in [5.41, 5.74) is -0.0316. The van der Waals surface area contributed by atoms with Crippen molar-refractivity contribution >= 4 is 5.97 Å². The van der Waals surface area contributed by atoms with Crippen molar-refractivity contribution < 1.29 is 14.3 Å². The molecule has 0 saturated carbocycles. The molecule has 1 fully saturated rings. The largest absolute Gasteiger partial charge is 0.469 e. The van der Waals surface area contributed by atoms with E-state index in [1.165, 1.54) is 7.11 Å². The summed E-state index contributed by atoms with van der Waals surface area (Å²) < 4.78 is 10.1. The fourth-order valence-electron chi connectivity index (χ4n) is 1.62. The third kappa shape index (κ3) is 3.64. The number of hydrogen-bond acceptors (Lipinski definition) is 4. The molecule has 0 aliphatic carbocycles. The lowest BCUT2D eigenvalue weighted by Crippen LogP contribution is -2.38. The minimum atomic E-state index is -0.171. The van der Waals surface area contributed by atoms with Crippen LogP contribution in [-0.2, 0) is 14.3 Å². The number of carbonyl (C=O) groups excluding carboxylic acids is 1. The summed E-state index contributed by atoms with van der Waals surface area (Å²) in [4.78, 5) is 10.8. The van der Waals surface area contributed by atoms with Gasteiger partial charge in [-0.2, -0.15) is 0 Å². The average Bonchev–Trinajstić information content (AvgIpc) is 2.60. The maximum atomic E-state index is 10.8. The molecule has 1 aliphatic rings. The van der Waals surface area contributed by atoms with E-state index in [1.807, 2.05) is 0 Å². The Hall–Kier alpha value is -0.610. The molecular formula is C10H19NO3. The van der Waals surface area contributed by atoms with Crippen LogP contribution in [0.4, 0.5) is 0 Å². The van der Waals surface area contributed by atoms with Gasteiger partial charge in [-0.3, -0.25) is 4.79 Å². The van der Waals surface area contributed by atoms with Gasteiger partial charge in [0.2, 0.25) is 0 Å². The lowest BCUT2D eigenvalue weighted by Gasteiger charge is -2.23. The van der Waals surface area contributed by atoms with Crippen LogP contribution >= 0.6 is 0 Å². The van der Waals surface area contributed by atoms with Crippen molar-refractivity contribution in [2.45, 2.75) is 31.8 Å². The highest BCUT2D eigenvalue weighted by molar-refractivity contribution is 5.69. The van der Waals surface area contributed by atoms with Crippen LogP contribution in [0.15, 0.2) is 0 Å². The van der Waals surface area contributed by atoms with Crippen molar-refractivity contribution in [2.24, 2.45) is 0 Å². The number of hydrogen-bond donors (Lipinski definition) is 1.